The number of carbonyl (C=O) groups is 1. The number of hydrogen-bond donors (Lipinski definition) is 3. The maximum atomic E-state index is 13.2. The Morgan fingerprint density at radius 3 is 2.47 bits per heavy atom. The third-order valence-electron chi connectivity index (χ3n) is 5.70. The Morgan fingerprint density at radius 2 is 1.76 bits per heavy atom. The third kappa shape index (κ3) is 6.24. The predicted octanol–water partition coefficient (Wildman–Crippen LogP) is 6.63. The molecule has 0 fully saturated rings. The number of phenols is 2. The molecule has 0 saturated carbocycles. The largest absolute Gasteiger partial charge is 0.504 e. The number of carbonyl (C=O) groups excluding carboxylic acids is 1. The molecule has 0 amide bonds. The molecule has 2 aromatic carbocycles. The Balaban J connectivity index is 1.56. The average molecular weight is 575 g/mol. The van der Waals surface area contributed by atoms with E-state index in [4.69, 9.17) is 37.4 Å². The van der Waals surface area contributed by atoms with Crippen LogP contribution in [0.4, 0.5) is 5.69 Å². The molecule has 0 aliphatic carbocycles. The highest BCUT2D eigenvalue weighted by Gasteiger charge is 2.24. The van der Waals surface area contributed by atoms with Gasteiger partial charge in [-0.2, -0.15) is 0 Å². The van der Waals surface area contributed by atoms with Gasteiger partial charge in [-0.05, 0) is 47.5 Å². The molecule has 1 atom stereocenters. The minimum Gasteiger partial charge on any atom is -0.504 e. The van der Waals surface area contributed by atoms with Crippen molar-refractivity contribution in [3.63, 3.8) is 0 Å². The van der Waals surface area contributed by atoms with E-state index in [1.165, 1.54) is 44.0 Å². The van der Waals surface area contributed by atoms with Gasteiger partial charge in [0.05, 0.1) is 30.0 Å². The van der Waals surface area contributed by atoms with Gasteiger partial charge in [-0.25, -0.2) is 4.79 Å². The van der Waals surface area contributed by atoms with Crippen LogP contribution < -0.4 is 14.8 Å². The summed E-state index contributed by atoms with van der Waals surface area (Å²) in [4.78, 5) is 18.4. The summed E-state index contributed by atoms with van der Waals surface area (Å²) < 4.78 is 16.7. The molecule has 11 heteroatoms. The number of aromatic hydroxyl groups is 2. The van der Waals surface area contributed by atoms with Gasteiger partial charge in [0.2, 0.25) is 0 Å². The summed E-state index contributed by atoms with van der Waals surface area (Å²) in [6, 6.07) is 13.4. The molecule has 2 aromatic heterocycles. The second-order valence-electron chi connectivity index (χ2n) is 8.09. The first-order valence-corrected chi connectivity index (χ1v) is 12.9. The lowest BCUT2D eigenvalue weighted by Gasteiger charge is -2.20. The number of anilines is 1. The maximum Gasteiger partial charge on any atom is 0.348 e. The van der Waals surface area contributed by atoms with Crippen LogP contribution in [0.2, 0.25) is 10.0 Å². The Kier molecular flexibility index (Phi) is 8.83. The van der Waals surface area contributed by atoms with Crippen molar-refractivity contribution in [2.45, 2.75) is 19.1 Å². The number of pyridine rings is 1. The summed E-state index contributed by atoms with van der Waals surface area (Å²) in [5.74, 6) is 0.0330. The van der Waals surface area contributed by atoms with Crippen LogP contribution in [0.5, 0.6) is 23.0 Å². The van der Waals surface area contributed by atoms with Crippen LogP contribution in [-0.4, -0.2) is 35.4 Å². The van der Waals surface area contributed by atoms with Crippen molar-refractivity contribution in [1.82, 2.24) is 4.98 Å². The van der Waals surface area contributed by atoms with E-state index in [1.807, 2.05) is 0 Å². The van der Waals surface area contributed by atoms with E-state index in [9.17, 15) is 15.0 Å². The van der Waals surface area contributed by atoms with E-state index in [0.29, 0.717) is 49.8 Å². The fraction of sp³-hybridized carbons (Fsp3) is 0.185. The van der Waals surface area contributed by atoms with Crippen molar-refractivity contribution in [3.05, 3.63) is 91.9 Å². The van der Waals surface area contributed by atoms with Gasteiger partial charge in [-0.1, -0.05) is 35.3 Å². The quantitative estimate of drug-likeness (QED) is 0.143. The second kappa shape index (κ2) is 12.3. The molecule has 0 aliphatic heterocycles. The molecule has 4 aromatic rings. The average Bonchev–Trinajstić information content (AvgIpc) is 3.40. The normalized spacial score (nSPS) is 11.6. The van der Waals surface area contributed by atoms with E-state index < -0.39 is 12.1 Å². The number of nitrogens with one attached hydrogen (secondary N) is 1. The zero-order chi connectivity index (χ0) is 27.2. The maximum absolute atomic E-state index is 13.2. The van der Waals surface area contributed by atoms with Gasteiger partial charge >= 0.3 is 5.97 Å². The number of benzene rings is 2. The Labute approximate surface area is 233 Å². The van der Waals surface area contributed by atoms with Gasteiger partial charge in [0.25, 0.3) is 0 Å². The zero-order valence-corrected chi connectivity index (χ0v) is 22.7. The first-order valence-electron chi connectivity index (χ1n) is 11.3. The molecule has 0 spiro atoms. The lowest BCUT2D eigenvalue weighted by molar-refractivity contribution is 0.0303. The SMILES string of the molecule is COc1ccc([C@H](Cc2c(Cl)cncc2Cl)OC(=O)c2ccc(CNc3cccc(O)c3O)s2)cc1OC. The standard InChI is InChI=1S/C27H24Cl2N2O6S/c1-35-22-8-6-15(10-24(22)36-2)23(11-17-18(28)13-30-14-19(17)29)37-27(34)25-9-7-16(38-25)12-31-20-4-3-5-21(32)26(20)33/h3-10,13-14,23,31-33H,11-12H2,1-2H3/t23-/m0/s1. The highest BCUT2D eigenvalue weighted by molar-refractivity contribution is 7.13. The van der Waals surface area contributed by atoms with Crippen LogP contribution in [0.25, 0.3) is 0 Å². The monoisotopic (exact) mass is 574 g/mol. The Bertz CT molecular complexity index is 1420. The van der Waals surface area contributed by atoms with Gasteiger partial charge in [-0.3, -0.25) is 4.98 Å². The molecule has 38 heavy (non-hydrogen) atoms. The van der Waals surface area contributed by atoms with Gasteiger partial charge < -0.3 is 29.7 Å². The lowest BCUT2D eigenvalue weighted by Crippen LogP contribution is -2.14. The van der Waals surface area contributed by atoms with Gasteiger partial charge in [0.15, 0.2) is 23.0 Å². The molecule has 2 heterocycles. The summed E-state index contributed by atoms with van der Waals surface area (Å²) in [6.45, 7) is 0.330. The molecule has 4 rings (SSSR count). The number of rotatable bonds is 10. The Hall–Kier alpha value is -3.66. The molecular formula is C27H24Cl2N2O6S. The molecule has 0 aliphatic rings. The van der Waals surface area contributed by atoms with E-state index in [1.54, 1.807) is 42.5 Å². The molecule has 8 nitrogen and oxygen atoms in total. The van der Waals surface area contributed by atoms with Crippen molar-refractivity contribution < 1.29 is 29.2 Å². The van der Waals surface area contributed by atoms with Gasteiger partial charge in [-0.15, -0.1) is 11.3 Å². The number of aromatic nitrogens is 1. The van der Waals surface area contributed by atoms with Crippen LogP contribution in [0.3, 0.4) is 0 Å². The van der Waals surface area contributed by atoms with Crippen molar-refractivity contribution in [3.8, 4) is 23.0 Å². The summed E-state index contributed by atoms with van der Waals surface area (Å²) in [5.41, 5.74) is 1.64. The second-order valence-corrected chi connectivity index (χ2v) is 10.1. The number of phenolic OH excluding ortho intramolecular Hbond substituents is 2. The first-order chi connectivity index (χ1) is 18.3. The number of ether oxygens (including phenoxy) is 3. The molecule has 0 bridgehead atoms. The fourth-order valence-corrected chi connectivity index (χ4v) is 5.07. The van der Waals surface area contributed by atoms with Gasteiger partial charge in [0.1, 0.15) is 11.0 Å². The zero-order valence-electron chi connectivity index (χ0n) is 20.4. The summed E-state index contributed by atoms with van der Waals surface area (Å²) in [7, 11) is 3.06. The minimum atomic E-state index is -0.743. The van der Waals surface area contributed by atoms with Crippen molar-refractivity contribution in [1.29, 1.82) is 0 Å². The summed E-state index contributed by atoms with van der Waals surface area (Å²) >= 11 is 14.0. The lowest BCUT2D eigenvalue weighted by atomic mass is 10.0. The van der Waals surface area contributed by atoms with E-state index in [2.05, 4.69) is 10.3 Å². The first kappa shape index (κ1) is 27.4. The molecule has 198 valence electrons. The number of thiophene rings is 1. The van der Waals surface area contributed by atoms with Crippen LogP contribution in [0.15, 0.2) is 60.9 Å². The number of esters is 1. The Morgan fingerprint density at radius 1 is 1.03 bits per heavy atom. The van der Waals surface area contributed by atoms with Gasteiger partial charge in [0, 0.05) is 30.2 Å². The number of methoxy groups -OCH3 is 2. The van der Waals surface area contributed by atoms with Crippen LogP contribution >= 0.6 is 34.5 Å². The topological polar surface area (TPSA) is 110 Å². The van der Waals surface area contributed by atoms with Crippen LogP contribution in [-0.2, 0) is 17.7 Å². The molecule has 0 radical (unpaired) electrons. The van der Waals surface area contributed by atoms with Crippen LogP contribution in [0.1, 0.15) is 31.8 Å². The van der Waals surface area contributed by atoms with E-state index in [0.717, 1.165) is 4.88 Å². The molecular weight excluding hydrogens is 551 g/mol. The number of hydrogen-bond acceptors (Lipinski definition) is 9. The molecule has 3 N–H and O–H groups in total. The highest BCUT2D eigenvalue weighted by Crippen LogP contribution is 2.36. The van der Waals surface area contributed by atoms with E-state index >= 15 is 0 Å². The third-order valence-corrected chi connectivity index (χ3v) is 7.42. The van der Waals surface area contributed by atoms with Crippen molar-refractivity contribution in [2.75, 3.05) is 19.5 Å². The summed E-state index contributed by atoms with van der Waals surface area (Å²) in [6.07, 6.45) is 2.43. The number of nitrogens with zero attached hydrogens (tertiary/aromatic N) is 1. The van der Waals surface area contributed by atoms with E-state index in [-0.39, 0.29) is 17.9 Å². The summed E-state index contributed by atoms with van der Waals surface area (Å²) in [5, 5.41) is 23.4. The number of para-hydroxylation sites is 1. The van der Waals surface area contributed by atoms with Crippen LogP contribution in [0, 0.1) is 0 Å². The van der Waals surface area contributed by atoms with Crippen molar-refractivity contribution in [2.24, 2.45) is 0 Å². The number of halogens is 2. The highest BCUT2D eigenvalue weighted by atomic mass is 35.5. The van der Waals surface area contributed by atoms with Crippen molar-refractivity contribution >= 4 is 46.2 Å². The minimum absolute atomic E-state index is 0.206. The predicted molar refractivity (Wildman–Crippen MR) is 147 cm³/mol. The smallest absolute Gasteiger partial charge is 0.348 e. The molecule has 0 saturated heterocycles. The molecule has 0 unspecified atom stereocenters. The fourth-order valence-electron chi connectivity index (χ4n) is 3.73.